The lowest BCUT2D eigenvalue weighted by Crippen LogP contribution is -2.43. The summed E-state index contributed by atoms with van der Waals surface area (Å²) < 4.78 is 13.0. The third kappa shape index (κ3) is 4.10. The third-order valence-electron chi connectivity index (χ3n) is 2.58. The lowest BCUT2D eigenvalue weighted by molar-refractivity contribution is 0.0935. The van der Waals surface area contributed by atoms with Gasteiger partial charge < -0.3 is 10.4 Å². The molecule has 2 rings (SSSR count). The fourth-order valence-electron chi connectivity index (χ4n) is 1.61. The van der Waals surface area contributed by atoms with Crippen molar-refractivity contribution >= 4 is 29.2 Å². The molecule has 6 nitrogen and oxygen atoms in total. The number of carbonyl (C=O) groups excluding carboxylic acids is 2. The standard InChI is InChI=1S/C14H11ClFN3O3/c15-8-4-5-11(12(20)6-8)13(21)18-19-14(22)17-10-3-1-2-9(16)7-10/h1-7,20H,(H,18,21)(H2,17,19,22). The second-order valence-corrected chi connectivity index (χ2v) is 4.64. The lowest BCUT2D eigenvalue weighted by Gasteiger charge is -2.10. The predicted molar refractivity (Wildman–Crippen MR) is 79.1 cm³/mol. The maximum Gasteiger partial charge on any atom is 0.337 e. The Balaban J connectivity index is 1.92. The van der Waals surface area contributed by atoms with Crippen LogP contribution in [0.2, 0.25) is 5.02 Å². The summed E-state index contributed by atoms with van der Waals surface area (Å²) in [4.78, 5) is 23.3. The predicted octanol–water partition coefficient (Wildman–Crippen LogP) is 2.65. The number of amides is 3. The topological polar surface area (TPSA) is 90.5 Å². The van der Waals surface area contributed by atoms with Gasteiger partial charge in [0.2, 0.25) is 0 Å². The molecule has 0 aliphatic rings. The van der Waals surface area contributed by atoms with E-state index in [1.165, 1.54) is 36.4 Å². The van der Waals surface area contributed by atoms with Gasteiger partial charge in [0.15, 0.2) is 0 Å². The van der Waals surface area contributed by atoms with Crippen molar-refractivity contribution in [3.05, 3.63) is 58.9 Å². The Hall–Kier alpha value is -2.80. The number of hydrogen-bond donors (Lipinski definition) is 4. The van der Waals surface area contributed by atoms with Crippen LogP contribution in [0.1, 0.15) is 10.4 Å². The van der Waals surface area contributed by atoms with Crippen molar-refractivity contribution in [2.75, 3.05) is 5.32 Å². The van der Waals surface area contributed by atoms with Gasteiger partial charge >= 0.3 is 6.03 Å². The first-order valence-electron chi connectivity index (χ1n) is 6.07. The lowest BCUT2D eigenvalue weighted by atomic mass is 10.2. The molecule has 0 aliphatic heterocycles. The smallest absolute Gasteiger partial charge is 0.337 e. The van der Waals surface area contributed by atoms with Crippen LogP contribution in [0.4, 0.5) is 14.9 Å². The minimum absolute atomic E-state index is 0.0598. The number of rotatable bonds is 2. The molecule has 0 bridgehead atoms. The van der Waals surface area contributed by atoms with Crippen LogP contribution in [-0.4, -0.2) is 17.0 Å². The molecular weight excluding hydrogens is 313 g/mol. The first-order valence-corrected chi connectivity index (χ1v) is 6.45. The quantitative estimate of drug-likeness (QED) is 0.640. The maximum atomic E-state index is 13.0. The number of halogens is 2. The number of hydrogen-bond acceptors (Lipinski definition) is 3. The summed E-state index contributed by atoms with van der Waals surface area (Å²) in [6.07, 6.45) is 0. The van der Waals surface area contributed by atoms with Crippen molar-refractivity contribution in [1.29, 1.82) is 0 Å². The first kappa shape index (κ1) is 15.6. The zero-order chi connectivity index (χ0) is 16.1. The summed E-state index contributed by atoms with van der Waals surface area (Å²) in [6, 6.07) is 8.41. The molecule has 2 aromatic rings. The number of hydrazine groups is 1. The fraction of sp³-hybridized carbons (Fsp3) is 0. The highest BCUT2D eigenvalue weighted by Gasteiger charge is 2.12. The molecule has 0 heterocycles. The highest BCUT2D eigenvalue weighted by atomic mass is 35.5. The van der Waals surface area contributed by atoms with Crippen molar-refractivity contribution in [2.45, 2.75) is 0 Å². The van der Waals surface area contributed by atoms with Gasteiger partial charge in [-0.15, -0.1) is 0 Å². The van der Waals surface area contributed by atoms with Crippen molar-refractivity contribution in [2.24, 2.45) is 0 Å². The van der Waals surface area contributed by atoms with Crippen LogP contribution < -0.4 is 16.2 Å². The summed E-state index contributed by atoms with van der Waals surface area (Å²) in [6.45, 7) is 0. The Labute approximate surface area is 129 Å². The van der Waals surface area contributed by atoms with E-state index < -0.39 is 17.8 Å². The van der Waals surface area contributed by atoms with E-state index in [0.29, 0.717) is 0 Å². The SMILES string of the molecule is O=C(NNC(=O)c1ccc(Cl)cc1O)Nc1cccc(F)c1. The van der Waals surface area contributed by atoms with Crippen LogP contribution in [0.25, 0.3) is 0 Å². The van der Waals surface area contributed by atoms with Gasteiger partial charge in [0.05, 0.1) is 5.56 Å². The van der Waals surface area contributed by atoms with Gasteiger partial charge in [-0.05, 0) is 36.4 Å². The van der Waals surface area contributed by atoms with Crippen molar-refractivity contribution < 1.29 is 19.1 Å². The van der Waals surface area contributed by atoms with Crippen molar-refractivity contribution in [3.8, 4) is 5.75 Å². The van der Waals surface area contributed by atoms with E-state index in [0.717, 1.165) is 6.07 Å². The number of anilines is 1. The Kier molecular flexibility index (Phi) is 4.80. The fourth-order valence-corrected chi connectivity index (χ4v) is 1.77. The van der Waals surface area contributed by atoms with Crippen LogP contribution in [0.5, 0.6) is 5.75 Å². The molecule has 114 valence electrons. The molecule has 0 saturated heterocycles. The largest absolute Gasteiger partial charge is 0.507 e. The van der Waals surface area contributed by atoms with Crippen molar-refractivity contribution in [1.82, 2.24) is 10.9 Å². The van der Waals surface area contributed by atoms with Gasteiger partial charge in [-0.3, -0.25) is 10.2 Å². The Morgan fingerprint density at radius 2 is 1.86 bits per heavy atom. The molecule has 2 aromatic carbocycles. The van der Waals surface area contributed by atoms with E-state index in [2.05, 4.69) is 16.2 Å². The summed E-state index contributed by atoms with van der Waals surface area (Å²) in [5.41, 5.74) is 4.33. The number of benzene rings is 2. The number of urea groups is 1. The summed E-state index contributed by atoms with van der Waals surface area (Å²) in [5, 5.41) is 12.2. The number of carbonyl (C=O) groups is 2. The van der Waals surface area contributed by atoms with E-state index in [9.17, 15) is 19.1 Å². The van der Waals surface area contributed by atoms with Gasteiger partial charge in [0, 0.05) is 10.7 Å². The molecule has 4 N–H and O–H groups in total. The van der Waals surface area contributed by atoms with Gasteiger partial charge in [-0.2, -0.15) is 0 Å². The van der Waals surface area contributed by atoms with Gasteiger partial charge in [0.25, 0.3) is 5.91 Å². The molecular formula is C14H11ClFN3O3. The molecule has 0 saturated carbocycles. The van der Waals surface area contributed by atoms with E-state index in [1.807, 2.05) is 0 Å². The average Bonchev–Trinajstić information content (AvgIpc) is 2.45. The molecule has 0 spiro atoms. The Bertz CT molecular complexity index is 724. The van der Waals surface area contributed by atoms with Crippen LogP contribution in [0.3, 0.4) is 0 Å². The number of phenols is 1. The second-order valence-electron chi connectivity index (χ2n) is 4.21. The van der Waals surface area contributed by atoms with Gasteiger partial charge in [0.1, 0.15) is 11.6 Å². The molecule has 0 fully saturated rings. The Morgan fingerprint density at radius 1 is 1.09 bits per heavy atom. The highest BCUT2D eigenvalue weighted by molar-refractivity contribution is 6.30. The molecule has 0 atom stereocenters. The number of aromatic hydroxyl groups is 1. The van der Waals surface area contributed by atoms with E-state index in [4.69, 9.17) is 11.6 Å². The van der Waals surface area contributed by atoms with Crippen LogP contribution in [0, 0.1) is 5.82 Å². The third-order valence-corrected chi connectivity index (χ3v) is 2.81. The number of nitrogens with one attached hydrogen (secondary N) is 3. The highest BCUT2D eigenvalue weighted by Crippen LogP contribution is 2.21. The van der Waals surface area contributed by atoms with Crippen LogP contribution in [0.15, 0.2) is 42.5 Å². The van der Waals surface area contributed by atoms with Crippen LogP contribution in [-0.2, 0) is 0 Å². The van der Waals surface area contributed by atoms with Crippen molar-refractivity contribution in [3.63, 3.8) is 0 Å². The zero-order valence-corrected chi connectivity index (χ0v) is 11.8. The summed E-state index contributed by atoms with van der Waals surface area (Å²) >= 11 is 5.65. The normalized spacial score (nSPS) is 9.91. The maximum absolute atomic E-state index is 13.0. The van der Waals surface area contributed by atoms with E-state index in [1.54, 1.807) is 0 Å². The second kappa shape index (κ2) is 6.77. The first-order chi connectivity index (χ1) is 10.5. The van der Waals surface area contributed by atoms with E-state index >= 15 is 0 Å². The molecule has 3 amide bonds. The monoisotopic (exact) mass is 323 g/mol. The number of phenolic OH excluding ortho intramolecular Hbond substituents is 1. The van der Waals surface area contributed by atoms with Crippen LogP contribution >= 0.6 is 11.6 Å². The minimum atomic E-state index is -0.771. The molecule has 0 unspecified atom stereocenters. The molecule has 22 heavy (non-hydrogen) atoms. The summed E-state index contributed by atoms with van der Waals surface area (Å²) in [7, 11) is 0. The zero-order valence-electron chi connectivity index (χ0n) is 11.1. The van der Waals surface area contributed by atoms with E-state index in [-0.39, 0.29) is 22.0 Å². The molecule has 0 aliphatic carbocycles. The molecule has 8 heteroatoms. The molecule has 0 radical (unpaired) electrons. The van der Waals surface area contributed by atoms with Gasteiger partial charge in [-0.1, -0.05) is 17.7 Å². The molecule has 0 aromatic heterocycles. The summed E-state index contributed by atoms with van der Waals surface area (Å²) in [5.74, 6) is -1.56. The average molecular weight is 324 g/mol. The minimum Gasteiger partial charge on any atom is -0.507 e. The Morgan fingerprint density at radius 3 is 2.55 bits per heavy atom. The van der Waals surface area contributed by atoms with Gasteiger partial charge in [-0.25, -0.2) is 14.6 Å².